The molecule has 0 nitrogen and oxygen atoms in total. The van der Waals surface area contributed by atoms with Gasteiger partial charge in [-0.15, -0.1) is 0 Å². The van der Waals surface area contributed by atoms with Crippen LogP contribution in [0.25, 0.3) is 0 Å². The minimum atomic E-state index is -0.826. The van der Waals surface area contributed by atoms with Crippen LogP contribution in [0.2, 0.25) is 0 Å². The van der Waals surface area contributed by atoms with Crippen molar-refractivity contribution in [3.8, 4) is 0 Å². The van der Waals surface area contributed by atoms with Gasteiger partial charge in [0.25, 0.3) is 0 Å². The summed E-state index contributed by atoms with van der Waals surface area (Å²) >= 11 is -0.826. The van der Waals surface area contributed by atoms with Crippen molar-refractivity contribution >= 4 is 17.0 Å². The molecule has 0 bridgehead atoms. The molecule has 4 rings (SSSR count). The minimum absolute atomic E-state index is 0.826. The van der Waals surface area contributed by atoms with E-state index >= 15 is 0 Å². The second-order valence-electron chi connectivity index (χ2n) is 5.64. The monoisotopic (exact) mass is 425 g/mol. The molecule has 0 atom stereocenters. The first-order valence-electron chi connectivity index (χ1n) is 8.19. The summed E-state index contributed by atoms with van der Waals surface area (Å²) < 4.78 is 0. The Morgan fingerprint density at radius 2 is 1.13 bits per heavy atom. The van der Waals surface area contributed by atoms with E-state index in [4.69, 9.17) is 17.0 Å². The predicted molar refractivity (Wildman–Crippen MR) is 99.0 cm³/mol. The Labute approximate surface area is 160 Å². The number of halogens is 2. The van der Waals surface area contributed by atoms with Gasteiger partial charge in [0.15, 0.2) is 0 Å². The van der Waals surface area contributed by atoms with Gasteiger partial charge in [0.05, 0.1) is 0 Å². The molecule has 0 fully saturated rings. The van der Waals surface area contributed by atoms with Crippen LogP contribution in [-0.4, -0.2) is 0 Å². The summed E-state index contributed by atoms with van der Waals surface area (Å²) in [4.78, 5) is 0. The molecule has 0 heterocycles. The van der Waals surface area contributed by atoms with E-state index in [0.717, 1.165) is 0 Å². The van der Waals surface area contributed by atoms with Crippen LogP contribution in [0, 0.1) is 6.58 Å². The summed E-state index contributed by atoms with van der Waals surface area (Å²) in [5.74, 6) is 0. The Kier molecular flexibility index (Phi) is 12.0. The number of aryl methyl sites for hydroxylation is 4. The van der Waals surface area contributed by atoms with Gasteiger partial charge >= 0.3 is 37.9 Å². The Balaban J connectivity index is 0.000000181. The second-order valence-corrected chi connectivity index (χ2v) is 9.37. The third kappa shape index (κ3) is 7.55. The molecule has 0 saturated carbocycles. The van der Waals surface area contributed by atoms with E-state index < -0.39 is 20.8 Å². The molecule has 0 aliphatic heterocycles. The van der Waals surface area contributed by atoms with Gasteiger partial charge in [-0.05, 0) is 0 Å². The first-order valence-corrected chi connectivity index (χ1v) is 14.5. The minimum Gasteiger partial charge on any atom is -0.210 e. The van der Waals surface area contributed by atoms with E-state index in [9.17, 15) is 0 Å². The maximum absolute atomic E-state index is 4.93. The Hall–Kier alpha value is -0.0969. The molecular formula is C20H25Cl2Zr-3. The summed E-state index contributed by atoms with van der Waals surface area (Å²) in [6.07, 6.45) is 10.9. The van der Waals surface area contributed by atoms with Gasteiger partial charge in [-0.2, -0.15) is 46.5 Å². The molecule has 0 N–H and O–H groups in total. The van der Waals surface area contributed by atoms with Crippen molar-refractivity contribution in [2.45, 2.75) is 51.4 Å². The number of hydrogen-bond donors (Lipinski definition) is 0. The van der Waals surface area contributed by atoms with Gasteiger partial charge in [-0.1, -0.05) is 51.4 Å². The normalized spacial score (nSPS) is 14.3. The smallest absolute Gasteiger partial charge is 0.0512 e. The average Bonchev–Trinajstić information content (AvgIpc) is 3.27. The summed E-state index contributed by atoms with van der Waals surface area (Å²) in [5, 5.41) is 0. The van der Waals surface area contributed by atoms with Crippen LogP contribution in [0.3, 0.4) is 0 Å². The van der Waals surface area contributed by atoms with E-state index in [1.807, 2.05) is 0 Å². The summed E-state index contributed by atoms with van der Waals surface area (Å²) in [5.41, 5.74) is 6.39. The maximum atomic E-state index is 4.93. The number of hydrogen-bond acceptors (Lipinski definition) is 0. The summed E-state index contributed by atoms with van der Waals surface area (Å²) in [6.45, 7) is 7.00. The van der Waals surface area contributed by atoms with Crippen LogP contribution in [0.4, 0.5) is 0 Å². The summed E-state index contributed by atoms with van der Waals surface area (Å²) in [7, 11) is 9.87. The van der Waals surface area contributed by atoms with Gasteiger partial charge in [0, 0.05) is 0 Å². The third-order valence-electron chi connectivity index (χ3n) is 4.30. The van der Waals surface area contributed by atoms with Gasteiger partial charge in [-0.25, -0.2) is 12.1 Å². The third-order valence-corrected chi connectivity index (χ3v) is 4.30. The van der Waals surface area contributed by atoms with E-state index in [1.54, 1.807) is 22.3 Å². The van der Waals surface area contributed by atoms with E-state index in [-0.39, 0.29) is 0 Å². The molecule has 2 aliphatic rings. The van der Waals surface area contributed by atoms with Crippen molar-refractivity contribution in [1.82, 2.24) is 0 Å². The predicted octanol–water partition coefficient (Wildman–Crippen LogP) is 6.55. The van der Waals surface area contributed by atoms with Crippen molar-refractivity contribution in [1.29, 1.82) is 0 Å². The molecule has 0 saturated heterocycles. The fourth-order valence-corrected chi connectivity index (χ4v) is 3.23. The first kappa shape index (κ1) is 20.9. The van der Waals surface area contributed by atoms with Crippen LogP contribution in [0.5, 0.6) is 0 Å². The van der Waals surface area contributed by atoms with Crippen LogP contribution in [-0.2, 0) is 46.5 Å². The van der Waals surface area contributed by atoms with Crippen LogP contribution in [0.1, 0.15) is 47.9 Å². The molecule has 126 valence electrons. The molecule has 0 aromatic heterocycles. The van der Waals surface area contributed by atoms with Crippen molar-refractivity contribution in [2.24, 2.45) is 0 Å². The molecule has 2 aromatic carbocycles. The fourth-order valence-electron chi connectivity index (χ4n) is 3.23. The fraction of sp³-hybridized carbons (Fsp3) is 0.400. The zero-order chi connectivity index (χ0) is 16.9. The molecule has 0 radical (unpaired) electrons. The number of rotatable bonds is 0. The van der Waals surface area contributed by atoms with Crippen molar-refractivity contribution in [3.05, 3.63) is 71.8 Å². The van der Waals surface area contributed by atoms with Crippen molar-refractivity contribution in [3.63, 3.8) is 0 Å². The average molecular weight is 428 g/mol. The molecule has 3 heteroatoms. The maximum Gasteiger partial charge on any atom is -0.0512 e. The zero-order valence-corrected chi connectivity index (χ0v) is 17.6. The quantitative estimate of drug-likeness (QED) is 0.418. The molecule has 23 heavy (non-hydrogen) atoms. The SMILES string of the molecule is [CH-]=C.[Cl][Zr][Cl].c1cc2c([cH-]1)CCCC2.c1cc2c([cH-]1)CCCC2. The van der Waals surface area contributed by atoms with Crippen molar-refractivity contribution < 1.29 is 20.8 Å². The molecule has 0 spiro atoms. The molecule has 2 aromatic rings. The first-order chi connectivity index (χ1) is 11.3. The molecule has 0 amide bonds. The van der Waals surface area contributed by atoms with Gasteiger partial charge < -0.3 is 6.58 Å². The summed E-state index contributed by atoms with van der Waals surface area (Å²) in [6, 6.07) is 13.4. The molecule has 0 unspecified atom stereocenters. The van der Waals surface area contributed by atoms with Gasteiger partial charge in [0.2, 0.25) is 0 Å². The molecule has 2 aliphatic carbocycles. The second kappa shape index (κ2) is 13.2. The zero-order valence-electron chi connectivity index (χ0n) is 13.7. The van der Waals surface area contributed by atoms with E-state index in [2.05, 4.69) is 49.6 Å². The van der Waals surface area contributed by atoms with Gasteiger partial charge in [-0.3, -0.25) is 6.58 Å². The number of fused-ring (bicyclic) bond motifs is 2. The van der Waals surface area contributed by atoms with Crippen LogP contribution >= 0.6 is 17.0 Å². The largest absolute Gasteiger partial charge is 0.210 e. The Bertz CT molecular complexity index is 440. The topological polar surface area (TPSA) is 0 Å². The standard InChI is InChI=1S/2C9H11.C2H3.2ClH.Zr/c2*1-2-5-9-7-3-6-8(9)4-1;1-2;;;/h2*3,6-7H,1-2,4-5H2;1H,2H2;2*1H;/q3*-1;;;+2/p-2. The van der Waals surface area contributed by atoms with Crippen LogP contribution < -0.4 is 0 Å². The Morgan fingerprint density at radius 1 is 0.783 bits per heavy atom. The van der Waals surface area contributed by atoms with Crippen molar-refractivity contribution in [2.75, 3.05) is 0 Å². The Morgan fingerprint density at radius 3 is 1.48 bits per heavy atom. The van der Waals surface area contributed by atoms with Gasteiger partial charge in [0.1, 0.15) is 0 Å². The van der Waals surface area contributed by atoms with E-state index in [0.29, 0.717) is 0 Å². The molecular weight excluding hydrogens is 402 g/mol. The van der Waals surface area contributed by atoms with E-state index in [1.165, 1.54) is 51.4 Å². The van der Waals surface area contributed by atoms with Crippen LogP contribution in [0.15, 0.2) is 43.0 Å².